The van der Waals surface area contributed by atoms with E-state index in [9.17, 15) is 13.2 Å². The number of ether oxygens (including phenoxy) is 1. The number of rotatable bonds is 6. The molecule has 164 valence electrons. The third kappa shape index (κ3) is 3.94. The van der Waals surface area contributed by atoms with Gasteiger partial charge in [-0.1, -0.05) is 24.3 Å². The lowest BCUT2D eigenvalue weighted by atomic mass is 10.1. The smallest absolute Gasteiger partial charge is 0.259 e. The minimum atomic E-state index is -3.35. The molecular formula is C23H22N4O4S. The Morgan fingerprint density at radius 1 is 1.09 bits per heavy atom. The van der Waals surface area contributed by atoms with E-state index in [1.165, 1.54) is 7.11 Å². The van der Waals surface area contributed by atoms with Gasteiger partial charge in [0.15, 0.2) is 15.5 Å². The van der Waals surface area contributed by atoms with Gasteiger partial charge in [-0.2, -0.15) is 0 Å². The molecule has 0 aliphatic heterocycles. The minimum Gasteiger partial charge on any atom is -0.496 e. The Morgan fingerprint density at radius 2 is 1.81 bits per heavy atom. The molecule has 1 amide bonds. The van der Waals surface area contributed by atoms with Crippen molar-refractivity contribution in [1.29, 1.82) is 0 Å². The number of aromatic amines is 1. The number of para-hydroxylation sites is 1. The third-order valence-corrected chi connectivity index (χ3v) is 7.25. The fourth-order valence-corrected chi connectivity index (χ4v) is 4.29. The fraction of sp³-hybridized carbons (Fsp3) is 0.174. The standard InChI is InChI=1S/C23H22N4O4S/c1-14(2)32(29,30)16-10-8-15(9-11-16)18-12-24-22-21(26-18)19(13-25-22)27-23(28)17-6-4-5-7-20(17)31-3/h4-14H,1-3H3,(H,24,25)(H,27,28). The quantitative estimate of drug-likeness (QED) is 0.458. The molecule has 2 aromatic carbocycles. The zero-order valence-electron chi connectivity index (χ0n) is 17.8. The second-order valence-electron chi connectivity index (χ2n) is 7.43. The summed E-state index contributed by atoms with van der Waals surface area (Å²) in [5.74, 6) is 0.131. The van der Waals surface area contributed by atoms with Gasteiger partial charge in [0.25, 0.3) is 5.91 Å². The molecule has 0 radical (unpaired) electrons. The molecular weight excluding hydrogens is 428 g/mol. The second-order valence-corrected chi connectivity index (χ2v) is 9.93. The van der Waals surface area contributed by atoms with Gasteiger partial charge in [0, 0.05) is 11.8 Å². The van der Waals surface area contributed by atoms with Crippen LogP contribution in [0.2, 0.25) is 0 Å². The number of carbonyl (C=O) groups excluding carboxylic acids is 1. The average molecular weight is 451 g/mol. The first kappa shape index (κ1) is 21.5. The number of hydrogen-bond donors (Lipinski definition) is 2. The van der Waals surface area contributed by atoms with Gasteiger partial charge in [0.05, 0.1) is 40.4 Å². The maximum absolute atomic E-state index is 12.8. The van der Waals surface area contributed by atoms with Crippen molar-refractivity contribution in [3.63, 3.8) is 0 Å². The van der Waals surface area contributed by atoms with Crippen molar-refractivity contribution in [1.82, 2.24) is 15.0 Å². The molecule has 2 heterocycles. The molecule has 4 rings (SSSR count). The minimum absolute atomic E-state index is 0.261. The van der Waals surface area contributed by atoms with Gasteiger partial charge >= 0.3 is 0 Å². The van der Waals surface area contributed by atoms with Crippen LogP contribution in [0.1, 0.15) is 24.2 Å². The molecule has 0 saturated carbocycles. The summed E-state index contributed by atoms with van der Waals surface area (Å²) in [6.07, 6.45) is 3.22. The van der Waals surface area contributed by atoms with Crippen LogP contribution in [0, 0.1) is 0 Å². The van der Waals surface area contributed by atoms with Crippen LogP contribution in [-0.2, 0) is 9.84 Å². The van der Waals surface area contributed by atoms with Crippen LogP contribution in [-0.4, -0.2) is 41.6 Å². The maximum atomic E-state index is 12.8. The molecule has 2 N–H and O–H groups in total. The van der Waals surface area contributed by atoms with Gasteiger partial charge in [0.2, 0.25) is 0 Å². The van der Waals surface area contributed by atoms with Gasteiger partial charge in [-0.15, -0.1) is 0 Å². The molecule has 8 nitrogen and oxygen atoms in total. The first-order chi connectivity index (χ1) is 15.3. The summed E-state index contributed by atoms with van der Waals surface area (Å²) in [7, 11) is -1.85. The van der Waals surface area contributed by atoms with Crippen LogP contribution in [0.25, 0.3) is 22.4 Å². The number of benzene rings is 2. The molecule has 0 bridgehead atoms. The largest absolute Gasteiger partial charge is 0.496 e. The van der Waals surface area contributed by atoms with E-state index in [-0.39, 0.29) is 10.8 Å². The topological polar surface area (TPSA) is 114 Å². The Kier molecular flexibility index (Phi) is 5.67. The van der Waals surface area contributed by atoms with E-state index in [1.807, 2.05) is 0 Å². The summed E-state index contributed by atoms with van der Waals surface area (Å²) >= 11 is 0. The van der Waals surface area contributed by atoms with E-state index >= 15 is 0 Å². The number of nitrogens with zero attached hydrogens (tertiary/aromatic N) is 2. The van der Waals surface area contributed by atoms with Crippen LogP contribution in [0.4, 0.5) is 5.69 Å². The zero-order chi connectivity index (χ0) is 22.9. The number of aromatic nitrogens is 3. The summed E-state index contributed by atoms with van der Waals surface area (Å²) < 4.78 is 30.0. The summed E-state index contributed by atoms with van der Waals surface area (Å²) in [6, 6.07) is 13.5. The van der Waals surface area contributed by atoms with E-state index in [0.717, 1.165) is 0 Å². The predicted octanol–water partition coefficient (Wildman–Crippen LogP) is 4.07. The molecule has 32 heavy (non-hydrogen) atoms. The highest BCUT2D eigenvalue weighted by Crippen LogP contribution is 2.27. The number of hydrogen-bond acceptors (Lipinski definition) is 6. The number of carbonyl (C=O) groups is 1. The predicted molar refractivity (Wildman–Crippen MR) is 123 cm³/mol. The Labute approximate surface area is 185 Å². The Morgan fingerprint density at radius 3 is 2.50 bits per heavy atom. The van der Waals surface area contributed by atoms with Crippen molar-refractivity contribution in [2.45, 2.75) is 24.0 Å². The Bertz CT molecular complexity index is 1390. The number of sulfone groups is 1. The molecule has 0 aliphatic rings. The van der Waals surface area contributed by atoms with Gasteiger partial charge < -0.3 is 15.0 Å². The van der Waals surface area contributed by atoms with Crippen molar-refractivity contribution < 1.29 is 17.9 Å². The van der Waals surface area contributed by atoms with E-state index in [1.54, 1.807) is 74.8 Å². The van der Waals surface area contributed by atoms with Crippen LogP contribution in [0.15, 0.2) is 65.8 Å². The van der Waals surface area contributed by atoms with Crippen LogP contribution >= 0.6 is 0 Å². The molecule has 0 saturated heterocycles. The normalized spacial score (nSPS) is 11.6. The van der Waals surface area contributed by atoms with Crippen molar-refractivity contribution in [3.8, 4) is 17.0 Å². The highest BCUT2D eigenvalue weighted by atomic mass is 32.2. The number of anilines is 1. The molecule has 4 aromatic rings. The highest BCUT2D eigenvalue weighted by molar-refractivity contribution is 7.92. The number of H-pyrrole nitrogens is 1. The zero-order valence-corrected chi connectivity index (χ0v) is 18.6. The number of amides is 1. The van der Waals surface area contributed by atoms with Crippen molar-refractivity contribution in [3.05, 3.63) is 66.5 Å². The second kappa shape index (κ2) is 8.43. The Hall–Kier alpha value is -3.72. The molecule has 0 unspecified atom stereocenters. The first-order valence-electron chi connectivity index (χ1n) is 9.94. The van der Waals surface area contributed by atoms with Gasteiger partial charge in [-0.3, -0.25) is 4.79 Å². The summed E-state index contributed by atoms with van der Waals surface area (Å²) in [5.41, 5.74) is 3.15. The number of fused-ring (bicyclic) bond motifs is 1. The highest BCUT2D eigenvalue weighted by Gasteiger charge is 2.19. The monoisotopic (exact) mass is 450 g/mol. The van der Waals surface area contributed by atoms with Crippen LogP contribution in [0.3, 0.4) is 0 Å². The average Bonchev–Trinajstić information content (AvgIpc) is 3.20. The number of nitrogens with one attached hydrogen (secondary N) is 2. The van der Waals surface area contributed by atoms with Crippen molar-refractivity contribution >= 4 is 32.6 Å². The number of methoxy groups -OCH3 is 1. The molecule has 2 aromatic heterocycles. The van der Waals surface area contributed by atoms with E-state index < -0.39 is 15.1 Å². The van der Waals surface area contributed by atoms with E-state index in [2.05, 4.69) is 20.3 Å². The molecule has 9 heteroatoms. The van der Waals surface area contributed by atoms with Crippen molar-refractivity contribution in [2.75, 3.05) is 12.4 Å². The summed E-state index contributed by atoms with van der Waals surface area (Å²) in [5, 5.41) is 2.34. The summed E-state index contributed by atoms with van der Waals surface area (Å²) in [4.78, 5) is 25.0. The maximum Gasteiger partial charge on any atom is 0.259 e. The van der Waals surface area contributed by atoms with Gasteiger partial charge in [0.1, 0.15) is 11.3 Å². The van der Waals surface area contributed by atoms with E-state index in [0.29, 0.717) is 39.4 Å². The molecule has 0 spiro atoms. The van der Waals surface area contributed by atoms with Crippen LogP contribution < -0.4 is 10.1 Å². The van der Waals surface area contributed by atoms with Crippen molar-refractivity contribution in [2.24, 2.45) is 0 Å². The Balaban J connectivity index is 1.65. The first-order valence-corrected chi connectivity index (χ1v) is 11.5. The fourth-order valence-electron chi connectivity index (χ4n) is 3.24. The van der Waals surface area contributed by atoms with Gasteiger partial charge in [-0.25, -0.2) is 18.4 Å². The molecule has 0 atom stereocenters. The van der Waals surface area contributed by atoms with E-state index in [4.69, 9.17) is 4.74 Å². The lowest BCUT2D eigenvalue weighted by Gasteiger charge is -2.09. The molecule has 0 fully saturated rings. The lowest BCUT2D eigenvalue weighted by molar-refractivity contribution is 0.102. The third-order valence-electron chi connectivity index (χ3n) is 5.08. The summed E-state index contributed by atoms with van der Waals surface area (Å²) in [6.45, 7) is 3.30. The lowest BCUT2D eigenvalue weighted by Crippen LogP contribution is -2.13. The SMILES string of the molecule is COc1ccccc1C(=O)Nc1c[nH]c2ncc(-c3ccc(S(=O)(=O)C(C)C)cc3)nc12. The molecule has 0 aliphatic carbocycles. The van der Waals surface area contributed by atoms with Gasteiger partial charge in [-0.05, 0) is 38.1 Å². The van der Waals surface area contributed by atoms with Crippen LogP contribution in [0.5, 0.6) is 5.75 Å².